The van der Waals surface area contributed by atoms with Gasteiger partial charge in [-0.25, -0.2) is 4.98 Å². The molecular formula is C13H18BrN3O. The Labute approximate surface area is 116 Å². The number of likely N-dealkylation sites (tertiary alicyclic amines) is 1. The molecule has 1 aliphatic rings. The van der Waals surface area contributed by atoms with Crippen molar-refractivity contribution in [3.05, 3.63) is 28.5 Å². The van der Waals surface area contributed by atoms with E-state index < -0.39 is 0 Å². The number of nitrogens with zero attached hydrogens (tertiary/aromatic N) is 2. The number of nitrogens with one attached hydrogen (secondary N) is 1. The second-order valence-corrected chi connectivity index (χ2v) is 5.52. The van der Waals surface area contributed by atoms with Crippen molar-refractivity contribution in [1.29, 1.82) is 0 Å². The van der Waals surface area contributed by atoms with Crippen molar-refractivity contribution in [2.75, 3.05) is 20.1 Å². The summed E-state index contributed by atoms with van der Waals surface area (Å²) in [6, 6.07) is 4.02. The van der Waals surface area contributed by atoms with Gasteiger partial charge in [-0.05, 0) is 54.5 Å². The number of carbonyl (C=O) groups excluding carboxylic acids is 1. The fourth-order valence-corrected chi connectivity index (χ4v) is 2.46. The van der Waals surface area contributed by atoms with Crippen molar-refractivity contribution >= 4 is 21.8 Å². The molecule has 1 amide bonds. The van der Waals surface area contributed by atoms with Gasteiger partial charge in [-0.3, -0.25) is 4.79 Å². The molecule has 1 fully saturated rings. The summed E-state index contributed by atoms with van der Waals surface area (Å²) in [6.07, 6.45) is 5.27. The molecule has 0 radical (unpaired) electrons. The molecule has 1 N–H and O–H groups in total. The van der Waals surface area contributed by atoms with Crippen LogP contribution in [0.2, 0.25) is 0 Å². The molecule has 18 heavy (non-hydrogen) atoms. The van der Waals surface area contributed by atoms with E-state index >= 15 is 0 Å². The molecule has 1 atom stereocenters. The SMILES string of the molecule is CN1CCCCC1CNC(=O)c1ccc(Br)nc1. The monoisotopic (exact) mass is 311 g/mol. The van der Waals surface area contributed by atoms with Crippen LogP contribution in [0.4, 0.5) is 0 Å². The summed E-state index contributed by atoms with van der Waals surface area (Å²) in [5.41, 5.74) is 0.608. The molecule has 2 heterocycles. The van der Waals surface area contributed by atoms with E-state index in [1.54, 1.807) is 18.3 Å². The van der Waals surface area contributed by atoms with Gasteiger partial charge in [-0.1, -0.05) is 6.42 Å². The second kappa shape index (κ2) is 6.29. The third-order valence-electron chi connectivity index (χ3n) is 3.41. The van der Waals surface area contributed by atoms with E-state index in [2.05, 4.69) is 38.2 Å². The lowest BCUT2D eigenvalue weighted by Gasteiger charge is -2.32. The lowest BCUT2D eigenvalue weighted by Crippen LogP contribution is -2.44. The Bertz CT molecular complexity index is 407. The van der Waals surface area contributed by atoms with E-state index in [1.807, 2.05) is 0 Å². The van der Waals surface area contributed by atoms with Crippen LogP contribution in [-0.2, 0) is 0 Å². The Balaban J connectivity index is 1.86. The van der Waals surface area contributed by atoms with Crippen LogP contribution in [0.25, 0.3) is 0 Å². The minimum absolute atomic E-state index is 0.0472. The zero-order valence-corrected chi connectivity index (χ0v) is 12.1. The van der Waals surface area contributed by atoms with Gasteiger partial charge in [-0.15, -0.1) is 0 Å². The minimum Gasteiger partial charge on any atom is -0.350 e. The van der Waals surface area contributed by atoms with Crippen LogP contribution in [0.3, 0.4) is 0 Å². The smallest absolute Gasteiger partial charge is 0.252 e. The molecule has 1 unspecified atom stereocenters. The number of aromatic nitrogens is 1. The number of amides is 1. The first kappa shape index (κ1) is 13.5. The van der Waals surface area contributed by atoms with Gasteiger partial charge in [0.25, 0.3) is 5.91 Å². The van der Waals surface area contributed by atoms with Gasteiger partial charge < -0.3 is 10.2 Å². The Morgan fingerprint density at radius 2 is 2.39 bits per heavy atom. The van der Waals surface area contributed by atoms with Crippen molar-refractivity contribution in [3.8, 4) is 0 Å². The van der Waals surface area contributed by atoms with Gasteiger partial charge in [0.1, 0.15) is 4.60 Å². The van der Waals surface area contributed by atoms with Crippen molar-refractivity contribution in [2.45, 2.75) is 25.3 Å². The van der Waals surface area contributed by atoms with Gasteiger partial charge in [0, 0.05) is 18.8 Å². The maximum absolute atomic E-state index is 11.9. The molecule has 2 rings (SSSR count). The maximum atomic E-state index is 11.9. The highest BCUT2D eigenvalue weighted by molar-refractivity contribution is 9.10. The normalized spacial score (nSPS) is 20.7. The first-order valence-corrected chi connectivity index (χ1v) is 7.06. The predicted molar refractivity (Wildman–Crippen MR) is 74.5 cm³/mol. The van der Waals surface area contributed by atoms with Crippen LogP contribution in [-0.4, -0.2) is 42.0 Å². The zero-order chi connectivity index (χ0) is 13.0. The number of hydrogen-bond donors (Lipinski definition) is 1. The number of carbonyl (C=O) groups is 1. The van der Waals surface area contributed by atoms with Crippen LogP contribution in [0.15, 0.2) is 22.9 Å². The van der Waals surface area contributed by atoms with E-state index in [0.29, 0.717) is 18.2 Å². The van der Waals surface area contributed by atoms with Crippen molar-refractivity contribution in [2.24, 2.45) is 0 Å². The maximum Gasteiger partial charge on any atom is 0.252 e. The van der Waals surface area contributed by atoms with Crippen LogP contribution in [0.1, 0.15) is 29.6 Å². The minimum atomic E-state index is -0.0472. The average molecular weight is 312 g/mol. The Morgan fingerprint density at radius 3 is 3.06 bits per heavy atom. The fourth-order valence-electron chi connectivity index (χ4n) is 2.22. The Hall–Kier alpha value is -0.940. The number of pyridine rings is 1. The van der Waals surface area contributed by atoms with Gasteiger partial charge >= 0.3 is 0 Å². The van der Waals surface area contributed by atoms with E-state index in [1.165, 1.54) is 12.8 Å². The predicted octanol–water partition coefficient (Wildman–Crippen LogP) is 2.06. The summed E-state index contributed by atoms with van der Waals surface area (Å²) in [6.45, 7) is 1.84. The summed E-state index contributed by atoms with van der Waals surface area (Å²) in [5.74, 6) is -0.0472. The number of likely N-dealkylation sites (N-methyl/N-ethyl adjacent to an activating group) is 1. The second-order valence-electron chi connectivity index (χ2n) is 4.71. The van der Waals surface area contributed by atoms with Crippen molar-refractivity contribution in [1.82, 2.24) is 15.2 Å². The first-order chi connectivity index (χ1) is 8.66. The zero-order valence-electron chi connectivity index (χ0n) is 10.5. The van der Waals surface area contributed by atoms with E-state index in [0.717, 1.165) is 17.6 Å². The third kappa shape index (κ3) is 3.53. The van der Waals surface area contributed by atoms with Crippen LogP contribution < -0.4 is 5.32 Å². The van der Waals surface area contributed by atoms with Crippen molar-refractivity contribution in [3.63, 3.8) is 0 Å². The summed E-state index contributed by atoms with van der Waals surface area (Å²) in [5, 5.41) is 2.98. The molecule has 0 aromatic carbocycles. The number of hydrogen-bond acceptors (Lipinski definition) is 3. The summed E-state index contributed by atoms with van der Waals surface area (Å²) >= 11 is 3.25. The highest BCUT2D eigenvalue weighted by atomic mass is 79.9. The molecular weight excluding hydrogens is 294 g/mol. The number of rotatable bonds is 3. The van der Waals surface area contributed by atoms with Crippen molar-refractivity contribution < 1.29 is 4.79 Å². The fraction of sp³-hybridized carbons (Fsp3) is 0.538. The summed E-state index contributed by atoms with van der Waals surface area (Å²) in [7, 11) is 2.12. The lowest BCUT2D eigenvalue weighted by molar-refractivity contribution is 0.0928. The molecule has 98 valence electrons. The molecule has 4 nitrogen and oxygen atoms in total. The molecule has 0 bridgehead atoms. The van der Waals surface area contributed by atoms with Crippen LogP contribution in [0, 0.1) is 0 Å². The first-order valence-electron chi connectivity index (χ1n) is 6.27. The molecule has 1 aromatic heterocycles. The van der Waals surface area contributed by atoms with E-state index in [4.69, 9.17) is 0 Å². The highest BCUT2D eigenvalue weighted by Gasteiger charge is 2.19. The summed E-state index contributed by atoms with van der Waals surface area (Å²) < 4.78 is 0.742. The molecule has 1 aromatic rings. The highest BCUT2D eigenvalue weighted by Crippen LogP contribution is 2.14. The molecule has 0 saturated carbocycles. The molecule has 1 saturated heterocycles. The van der Waals surface area contributed by atoms with Gasteiger partial charge in [0.05, 0.1) is 5.56 Å². The largest absolute Gasteiger partial charge is 0.350 e. The van der Waals surface area contributed by atoms with Crippen LogP contribution >= 0.6 is 15.9 Å². The number of halogens is 1. The topological polar surface area (TPSA) is 45.2 Å². The molecule has 5 heteroatoms. The lowest BCUT2D eigenvalue weighted by atomic mass is 10.0. The van der Waals surface area contributed by atoms with Gasteiger partial charge in [0.15, 0.2) is 0 Å². The quantitative estimate of drug-likeness (QED) is 0.869. The van der Waals surface area contributed by atoms with Gasteiger partial charge in [-0.2, -0.15) is 0 Å². The standard InChI is InChI=1S/C13H18BrN3O/c1-17-7-3-2-4-11(17)9-16-13(18)10-5-6-12(14)15-8-10/h5-6,8,11H,2-4,7,9H2,1H3,(H,16,18). The van der Waals surface area contributed by atoms with Crippen LogP contribution in [0.5, 0.6) is 0 Å². The molecule has 0 aliphatic carbocycles. The Kier molecular flexibility index (Phi) is 4.72. The summed E-state index contributed by atoms with van der Waals surface area (Å²) in [4.78, 5) is 18.3. The van der Waals surface area contributed by atoms with Gasteiger partial charge in [0.2, 0.25) is 0 Å². The third-order valence-corrected chi connectivity index (χ3v) is 3.88. The molecule has 0 spiro atoms. The number of piperidine rings is 1. The van der Waals surface area contributed by atoms with E-state index in [-0.39, 0.29) is 5.91 Å². The molecule has 1 aliphatic heterocycles. The Morgan fingerprint density at radius 1 is 1.56 bits per heavy atom. The average Bonchev–Trinajstić information content (AvgIpc) is 2.38. The van der Waals surface area contributed by atoms with E-state index in [9.17, 15) is 4.79 Å².